The van der Waals surface area contributed by atoms with Gasteiger partial charge >= 0.3 is 0 Å². The van der Waals surface area contributed by atoms with Crippen LogP contribution in [0, 0.1) is 40.4 Å². The summed E-state index contributed by atoms with van der Waals surface area (Å²) in [5.74, 6) is 2.28. The van der Waals surface area contributed by atoms with Crippen LogP contribution in [0.3, 0.4) is 0 Å². The van der Waals surface area contributed by atoms with Crippen LogP contribution >= 0.6 is 12.1 Å². The summed E-state index contributed by atoms with van der Waals surface area (Å²) < 4.78 is 14.2. The highest BCUT2D eigenvalue weighted by Gasteiger charge is 2.68. The first-order valence-corrected chi connectivity index (χ1v) is 14.0. The van der Waals surface area contributed by atoms with Crippen molar-refractivity contribution >= 4 is 12.1 Å². The second-order valence-electron chi connectivity index (χ2n) is 13.2. The first kappa shape index (κ1) is 25.3. The number of aliphatic hydroxyl groups is 3. The van der Waals surface area contributed by atoms with Gasteiger partial charge in [-0.05, 0) is 93.3 Å². The molecule has 0 spiro atoms. The van der Waals surface area contributed by atoms with Gasteiger partial charge in [-0.1, -0.05) is 40.5 Å². The van der Waals surface area contributed by atoms with E-state index in [1.54, 1.807) is 0 Å². The molecule has 0 saturated heterocycles. The molecule has 0 amide bonds. The van der Waals surface area contributed by atoms with Gasteiger partial charge in [-0.3, -0.25) is 0 Å². The lowest BCUT2D eigenvalue weighted by Crippen LogP contribution is -2.68. The fourth-order valence-corrected chi connectivity index (χ4v) is 10.1. The van der Waals surface area contributed by atoms with Crippen molar-refractivity contribution < 1.29 is 19.2 Å². The third-order valence-electron chi connectivity index (χ3n) is 11.2. The topological polar surface area (TPSA) is 60.7 Å². The second-order valence-corrected chi connectivity index (χ2v) is 14.3. The molecule has 6 unspecified atom stereocenters. The first-order chi connectivity index (χ1) is 14.9. The minimum Gasteiger partial charge on any atom is -0.393 e. The number of halogens is 1. The number of hydrogen-bond acceptors (Lipinski definition) is 4. The summed E-state index contributed by atoms with van der Waals surface area (Å²) in [5, 5.41) is 33.1. The number of hydrogen-bond donors (Lipinski definition) is 3. The van der Waals surface area contributed by atoms with E-state index in [0.717, 1.165) is 51.4 Å². The molecule has 4 saturated carbocycles. The maximum Gasteiger partial charge on any atom is 0.0985 e. The van der Waals surface area contributed by atoms with Gasteiger partial charge in [0.2, 0.25) is 0 Å². The van der Waals surface area contributed by atoms with Gasteiger partial charge in [0.25, 0.3) is 0 Å². The van der Waals surface area contributed by atoms with Crippen molar-refractivity contribution in [1.82, 2.24) is 0 Å². The monoisotopic (exact) mass is 470 g/mol. The quantitative estimate of drug-likeness (QED) is 0.427. The molecule has 4 rings (SSSR count). The molecule has 0 bridgehead atoms. The molecule has 32 heavy (non-hydrogen) atoms. The van der Waals surface area contributed by atoms with Crippen LogP contribution < -0.4 is 0 Å². The van der Waals surface area contributed by atoms with E-state index in [1.165, 1.54) is 0 Å². The molecule has 0 heterocycles. The van der Waals surface area contributed by atoms with Crippen molar-refractivity contribution in [1.29, 1.82) is 0 Å². The molecule has 0 aliphatic heterocycles. The van der Waals surface area contributed by atoms with E-state index in [9.17, 15) is 19.2 Å². The summed E-state index contributed by atoms with van der Waals surface area (Å²) in [6.45, 7) is 11.3. The molecule has 0 aromatic carbocycles. The Morgan fingerprint density at radius 1 is 1.06 bits per heavy atom. The summed E-state index contributed by atoms with van der Waals surface area (Å²) in [6, 6.07) is 0. The molecule has 4 aliphatic rings. The highest BCUT2D eigenvalue weighted by molar-refractivity contribution is 7.95. The predicted octanol–water partition coefficient (Wildman–Crippen LogP) is 6.29. The average molecular weight is 471 g/mol. The molecular formula is C27H47FO3S. The van der Waals surface area contributed by atoms with Crippen LogP contribution in [0.15, 0.2) is 0 Å². The van der Waals surface area contributed by atoms with Crippen LogP contribution in [0.5, 0.6) is 0 Å². The van der Waals surface area contributed by atoms with E-state index in [2.05, 4.69) is 34.6 Å². The smallest absolute Gasteiger partial charge is 0.0985 e. The van der Waals surface area contributed by atoms with E-state index in [1.807, 2.05) is 0 Å². The molecule has 0 radical (unpaired) electrons. The summed E-state index contributed by atoms with van der Waals surface area (Å²) in [5.41, 5.74) is -1.42. The van der Waals surface area contributed by atoms with Gasteiger partial charge in [-0.2, -0.15) is 3.89 Å². The Morgan fingerprint density at radius 3 is 2.44 bits per heavy atom. The molecule has 3 nitrogen and oxygen atoms in total. The first-order valence-electron chi connectivity index (χ1n) is 13.3. The lowest BCUT2D eigenvalue weighted by Gasteiger charge is -2.65. The van der Waals surface area contributed by atoms with Crippen molar-refractivity contribution in [2.75, 3.05) is 0 Å². The van der Waals surface area contributed by atoms with Crippen LogP contribution in [0.2, 0.25) is 0 Å². The van der Waals surface area contributed by atoms with Crippen LogP contribution in [0.4, 0.5) is 3.89 Å². The molecule has 0 aromatic rings. The maximum atomic E-state index is 14.5. The van der Waals surface area contributed by atoms with Crippen molar-refractivity contribution in [3.8, 4) is 0 Å². The van der Waals surface area contributed by atoms with Crippen molar-refractivity contribution in [2.24, 2.45) is 40.4 Å². The van der Waals surface area contributed by atoms with E-state index >= 15 is 0 Å². The minimum absolute atomic E-state index is 0.104. The van der Waals surface area contributed by atoms with Crippen molar-refractivity contribution in [3.05, 3.63) is 0 Å². The van der Waals surface area contributed by atoms with Crippen molar-refractivity contribution in [2.45, 2.75) is 128 Å². The van der Waals surface area contributed by atoms with Crippen LogP contribution in [-0.4, -0.2) is 37.9 Å². The van der Waals surface area contributed by atoms with Crippen LogP contribution in [0.25, 0.3) is 0 Å². The molecule has 186 valence electrons. The van der Waals surface area contributed by atoms with Crippen LogP contribution in [0.1, 0.15) is 105 Å². The lowest BCUT2D eigenvalue weighted by atomic mass is 9.42. The maximum absolute atomic E-state index is 14.5. The third kappa shape index (κ3) is 3.71. The average Bonchev–Trinajstić information content (AvgIpc) is 3.08. The normalized spacial score (nSPS) is 50.4. The lowest BCUT2D eigenvalue weighted by molar-refractivity contribution is -0.264. The van der Waals surface area contributed by atoms with Gasteiger partial charge in [-0.15, -0.1) is 0 Å². The molecule has 0 aromatic heterocycles. The molecule has 4 fully saturated rings. The second kappa shape index (κ2) is 8.68. The molecular weight excluding hydrogens is 423 g/mol. The van der Waals surface area contributed by atoms with Gasteiger partial charge in [0.15, 0.2) is 0 Å². The Hall–Kier alpha value is 0.160. The van der Waals surface area contributed by atoms with E-state index in [0.29, 0.717) is 61.0 Å². The van der Waals surface area contributed by atoms with Gasteiger partial charge < -0.3 is 15.3 Å². The summed E-state index contributed by atoms with van der Waals surface area (Å²) >= 11 is 0.605. The molecule has 5 heteroatoms. The SMILES string of the molecule is CC(C)CCCC(C)(SF)C1CCC2C3C[C@@H](O)[C@@]4(O)C[C@@H](O)CC[C@]4(C)C3CCC21C. The van der Waals surface area contributed by atoms with E-state index in [-0.39, 0.29) is 15.6 Å². The summed E-state index contributed by atoms with van der Waals surface area (Å²) in [4.78, 5) is 0. The third-order valence-corrected chi connectivity index (χ3v) is 12.0. The van der Waals surface area contributed by atoms with E-state index in [4.69, 9.17) is 0 Å². The van der Waals surface area contributed by atoms with Gasteiger partial charge in [0.05, 0.1) is 30.0 Å². The van der Waals surface area contributed by atoms with Gasteiger partial charge in [0.1, 0.15) is 0 Å². The number of fused-ring (bicyclic) bond motifs is 5. The Labute approximate surface area is 199 Å². The van der Waals surface area contributed by atoms with Crippen LogP contribution in [-0.2, 0) is 0 Å². The molecule has 3 N–H and O–H groups in total. The van der Waals surface area contributed by atoms with Crippen molar-refractivity contribution in [3.63, 3.8) is 0 Å². The van der Waals surface area contributed by atoms with Gasteiger partial charge in [0, 0.05) is 16.6 Å². The zero-order valence-corrected chi connectivity index (χ0v) is 21.8. The number of aliphatic hydroxyl groups excluding tert-OH is 2. The fraction of sp³-hybridized carbons (Fsp3) is 1.00. The Morgan fingerprint density at radius 2 is 1.78 bits per heavy atom. The number of rotatable bonds is 6. The van der Waals surface area contributed by atoms with Gasteiger partial charge in [-0.25, -0.2) is 0 Å². The zero-order valence-electron chi connectivity index (χ0n) is 20.9. The predicted molar refractivity (Wildman–Crippen MR) is 130 cm³/mol. The molecule has 4 aliphatic carbocycles. The van der Waals surface area contributed by atoms with E-state index < -0.39 is 17.8 Å². The fourth-order valence-electron chi connectivity index (χ4n) is 9.39. The highest BCUT2D eigenvalue weighted by atomic mass is 32.2. The molecule has 10 atom stereocenters. The summed E-state index contributed by atoms with van der Waals surface area (Å²) in [6.07, 6.45) is 8.64. The Bertz CT molecular complexity index is 690. The highest BCUT2D eigenvalue weighted by Crippen LogP contribution is 2.70. The standard InChI is InChI=1S/C27H47FO3S/c1-17(2)7-6-12-26(5,32-28)22-9-8-20-19-15-23(30)27(31)16-18(29)10-14-25(27,4)21(19)11-13-24(20,22)3/h17-23,29-31H,6-16H2,1-5H3/t18-,19?,20?,21?,22?,23+,24?,25+,26?,27-/m0/s1. The minimum atomic E-state index is -1.18. The summed E-state index contributed by atoms with van der Waals surface area (Å²) in [7, 11) is 0. The zero-order chi connectivity index (χ0) is 23.5. The largest absolute Gasteiger partial charge is 0.393 e. The Balaban J connectivity index is 1.58. The Kier molecular flexibility index (Phi) is 6.85.